The maximum Gasteiger partial charge on any atom is 0.325 e. The fourth-order valence-electron chi connectivity index (χ4n) is 6.54. The summed E-state index contributed by atoms with van der Waals surface area (Å²) in [6.07, 6.45) is 4.21. The summed E-state index contributed by atoms with van der Waals surface area (Å²) in [5.41, 5.74) is 4.17. The zero-order valence-electron chi connectivity index (χ0n) is 24.4. The number of rotatable bonds is 11. The number of alkyl halides is 2. The Labute approximate surface area is 241 Å². The molecule has 5 rings (SSSR count). The molecule has 0 spiro atoms. The summed E-state index contributed by atoms with van der Waals surface area (Å²) in [6.45, 7) is 5.59. The minimum absolute atomic E-state index is 0.0647. The normalized spacial score (nSPS) is 22.1. The number of hydrogen-bond donors (Lipinski definition) is 2. The second-order valence-electron chi connectivity index (χ2n) is 12.3. The van der Waals surface area contributed by atoms with Gasteiger partial charge in [-0.1, -0.05) is 24.3 Å². The van der Waals surface area contributed by atoms with Crippen molar-refractivity contribution in [2.45, 2.75) is 95.5 Å². The van der Waals surface area contributed by atoms with Gasteiger partial charge in [0.05, 0.1) is 18.3 Å². The zero-order valence-corrected chi connectivity index (χ0v) is 24.4. The van der Waals surface area contributed by atoms with E-state index in [4.69, 9.17) is 9.47 Å². The highest BCUT2D eigenvalue weighted by Gasteiger charge is 2.46. The zero-order chi connectivity index (χ0) is 29.2. The smallest absolute Gasteiger partial charge is 0.325 e. The molecule has 2 aromatic rings. The number of aromatic nitrogens is 1. The fourth-order valence-corrected chi connectivity index (χ4v) is 6.54. The molecule has 7 nitrogen and oxygen atoms in total. The molecule has 2 N–H and O–H groups in total. The summed E-state index contributed by atoms with van der Waals surface area (Å²) >= 11 is 0. The number of halogens is 2. The fraction of sp³-hybridized carbons (Fsp3) is 0.625. The summed E-state index contributed by atoms with van der Waals surface area (Å²) in [7, 11) is 1.64. The van der Waals surface area contributed by atoms with E-state index in [1.807, 2.05) is 38.1 Å². The monoisotopic (exact) mass is 571 g/mol. The highest BCUT2D eigenvalue weighted by atomic mass is 19.3. The van der Waals surface area contributed by atoms with Crippen molar-refractivity contribution >= 4 is 11.8 Å². The number of carboxylic acids is 1. The Morgan fingerprint density at radius 2 is 2.07 bits per heavy atom. The molecule has 1 fully saturated rings. The third kappa shape index (κ3) is 6.57. The summed E-state index contributed by atoms with van der Waals surface area (Å²) < 4.78 is 42.5. The van der Waals surface area contributed by atoms with Crippen molar-refractivity contribution in [1.29, 1.82) is 0 Å². The van der Waals surface area contributed by atoms with Crippen molar-refractivity contribution in [3.05, 3.63) is 58.3 Å². The molecule has 0 saturated carbocycles. The summed E-state index contributed by atoms with van der Waals surface area (Å²) in [5, 5.41) is 13.6. The molecule has 1 aromatic heterocycles. The third-order valence-corrected chi connectivity index (χ3v) is 9.30. The van der Waals surface area contributed by atoms with E-state index in [2.05, 4.69) is 16.4 Å². The second kappa shape index (κ2) is 12.3. The molecule has 3 atom stereocenters. The number of carbonyl (C=O) groups is 1. The third-order valence-electron chi connectivity index (χ3n) is 9.30. The van der Waals surface area contributed by atoms with E-state index in [0.29, 0.717) is 44.4 Å². The molecule has 0 aliphatic carbocycles. The second-order valence-corrected chi connectivity index (χ2v) is 12.3. The van der Waals surface area contributed by atoms with Gasteiger partial charge in [-0.2, -0.15) is 0 Å². The van der Waals surface area contributed by atoms with Crippen LogP contribution < -0.4 is 5.32 Å². The quantitative estimate of drug-likeness (QED) is 0.330. The molecule has 1 saturated heterocycles. The van der Waals surface area contributed by atoms with Crippen LogP contribution in [0.4, 0.5) is 14.6 Å². The van der Waals surface area contributed by atoms with Gasteiger partial charge in [0.25, 0.3) is 5.92 Å². The topological polar surface area (TPSA) is 83.9 Å². The van der Waals surface area contributed by atoms with E-state index in [0.717, 1.165) is 42.0 Å². The molecule has 224 valence electrons. The summed E-state index contributed by atoms with van der Waals surface area (Å²) in [6, 6.07) is 8.75. The summed E-state index contributed by atoms with van der Waals surface area (Å²) in [5.74, 6) is -3.79. The highest BCUT2D eigenvalue weighted by Crippen LogP contribution is 2.41. The van der Waals surface area contributed by atoms with Gasteiger partial charge in [0, 0.05) is 44.7 Å². The van der Waals surface area contributed by atoms with Crippen LogP contribution in [0.5, 0.6) is 0 Å². The van der Waals surface area contributed by atoms with Crippen molar-refractivity contribution in [3.8, 4) is 0 Å². The molecule has 3 aliphatic heterocycles. The Kier molecular flexibility index (Phi) is 8.97. The first-order chi connectivity index (χ1) is 19.6. The first kappa shape index (κ1) is 29.9. The van der Waals surface area contributed by atoms with Gasteiger partial charge in [0.15, 0.2) is 0 Å². The summed E-state index contributed by atoms with van der Waals surface area (Å²) in [4.78, 5) is 19.0. The first-order valence-corrected chi connectivity index (χ1v) is 14.9. The van der Waals surface area contributed by atoms with Crippen LogP contribution in [0.2, 0.25) is 0 Å². The number of ether oxygens (including phenoxy) is 2. The molecular formula is C32H43F2N3O4. The lowest BCUT2D eigenvalue weighted by Gasteiger charge is -2.38. The number of methoxy groups -OCH3 is 1. The predicted octanol–water partition coefficient (Wildman–Crippen LogP) is 5.80. The van der Waals surface area contributed by atoms with E-state index in [9.17, 15) is 9.90 Å². The van der Waals surface area contributed by atoms with Gasteiger partial charge in [-0.15, -0.1) is 0 Å². The van der Waals surface area contributed by atoms with E-state index >= 15 is 8.78 Å². The van der Waals surface area contributed by atoms with E-state index < -0.39 is 29.5 Å². The van der Waals surface area contributed by atoms with Crippen molar-refractivity contribution in [2.75, 3.05) is 32.1 Å². The van der Waals surface area contributed by atoms with Gasteiger partial charge in [-0.05, 0) is 87.2 Å². The van der Waals surface area contributed by atoms with E-state index in [1.165, 1.54) is 5.56 Å². The van der Waals surface area contributed by atoms with Crippen LogP contribution in [0.3, 0.4) is 0 Å². The van der Waals surface area contributed by atoms with Crippen LogP contribution in [0.25, 0.3) is 0 Å². The Morgan fingerprint density at radius 1 is 1.24 bits per heavy atom. The van der Waals surface area contributed by atoms with Crippen LogP contribution in [-0.4, -0.2) is 65.3 Å². The van der Waals surface area contributed by atoms with Gasteiger partial charge in [0.2, 0.25) is 0 Å². The maximum atomic E-state index is 15.4. The predicted molar refractivity (Wildman–Crippen MR) is 153 cm³/mol. The SMILES string of the molecule is COC(C)(C)[C@H]1Cc2c(cccc2[C@H](C(=O)O)N2CC[C@@H](C(F)(F)CCCCc3ccc4c(n3)NCCC4)C2)CO1. The van der Waals surface area contributed by atoms with Gasteiger partial charge in [0.1, 0.15) is 11.9 Å². The van der Waals surface area contributed by atoms with Crippen molar-refractivity contribution in [1.82, 2.24) is 9.88 Å². The lowest BCUT2D eigenvalue weighted by Crippen LogP contribution is -2.44. The van der Waals surface area contributed by atoms with Crippen LogP contribution in [0.1, 0.15) is 79.9 Å². The standard InChI is InChI=1S/C32H43F2N3O4/c1-31(2,40-3)27-18-26-22(20-41-27)8-6-11-25(26)28(30(38)39)37-17-14-23(19-37)32(33,34)15-5-4-10-24-13-12-21-9-7-16-35-29(21)36-24/h6,8,11-13,23,27-28H,4-5,7,9-10,14-20H2,1-3H3,(H,35,36)(H,38,39)/t23-,27-,28-/m1/s1. The largest absolute Gasteiger partial charge is 0.480 e. The number of unbranched alkanes of at least 4 members (excludes halogenated alkanes) is 1. The molecule has 4 heterocycles. The van der Waals surface area contributed by atoms with Gasteiger partial charge in [-0.25, -0.2) is 13.8 Å². The molecule has 0 bridgehead atoms. The number of nitrogens with one attached hydrogen (secondary N) is 1. The molecule has 1 aromatic carbocycles. The Morgan fingerprint density at radius 3 is 2.85 bits per heavy atom. The molecule has 0 radical (unpaired) electrons. The number of likely N-dealkylation sites (tertiary alicyclic amines) is 1. The molecule has 0 amide bonds. The average molecular weight is 572 g/mol. The van der Waals surface area contributed by atoms with Gasteiger partial charge < -0.3 is 19.9 Å². The molecule has 41 heavy (non-hydrogen) atoms. The Hall–Kier alpha value is -2.62. The minimum atomic E-state index is -2.85. The number of nitrogens with zero attached hydrogens (tertiary/aromatic N) is 2. The van der Waals surface area contributed by atoms with Gasteiger partial charge in [-0.3, -0.25) is 9.69 Å². The molecule has 0 unspecified atom stereocenters. The molecule has 9 heteroatoms. The van der Waals surface area contributed by atoms with E-state index in [-0.39, 0.29) is 25.5 Å². The first-order valence-electron chi connectivity index (χ1n) is 14.9. The number of aryl methyl sites for hydroxylation is 2. The van der Waals surface area contributed by atoms with Crippen LogP contribution in [0, 0.1) is 5.92 Å². The number of hydrogen-bond acceptors (Lipinski definition) is 6. The van der Waals surface area contributed by atoms with Crippen molar-refractivity contribution in [2.24, 2.45) is 5.92 Å². The number of anilines is 1. The number of aliphatic carboxylic acids is 1. The lowest BCUT2D eigenvalue weighted by atomic mass is 9.85. The Balaban J connectivity index is 1.21. The van der Waals surface area contributed by atoms with E-state index in [1.54, 1.807) is 12.0 Å². The average Bonchev–Trinajstić information content (AvgIpc) is 3.46. The lowest BCUT2D eigenvalue weighted by molar-refractivity contribution is -0.143. The molecule has 3 aliphatic rings. The number of benzene rings is 1. The highest BCUT2D eigenvalue weighted by molar-refractivity contribution is 5.76. The van der Waals surface area contributed by atoms with Gasteiger partial charge >= 0.3 is 5.97 Å². The van der Waals surface area contributed by atoms with Crippen LogP contribution >= 0.6 is 0 Å². The number of pyridine rings is 1. The molecular weight excluding hydrogens is 528 g/mol. The maximum absolute atomic E-state index is 15.4. The number of carboxylic acid groups (broad SMARTS) is 1. The Bertz CT molecular complexity index is 1240. The van der Waals surface area contributed by atoms with Crippen molar-refractivity contribution in [3.63, 3.8) is 0 Å². The minimum Gasteiger partial charge on any atom is -0.480 e. The van der Waals surface area contributed by atoms with Crippen LogP contribution in [0.15, 0.2) is 30.3 Å². The number of fused-ring (bicyclic) bond motifs is 2. The van der Waals surface area contributed by atoms with Crippen LogP contribution in [-0.2, 0) is 40.1 Å². The van der Waals surface area contributed by atoms with Crippen molar-refractivity contribution < 1.29 is 28.2 Å².